The van der Waals surface area contributed by atoms with Crippen molar-refractivity contribution in [2.45, 2.75) is 31.6 Å². The summed E-state index contributed by atoms with van der Waals surface area (Å²) in [6.07, 6.45) is 12.6. The molecule has 1 aliphatic carbocycles. The molecule has 0 saturated heterocycles. The van der Waals surface area contributed by atoms with Crippen LogP contribution in [0.4, 0.5) is 0 Å². The van der Waals surface area contributed by atoms with E-state index in [2.05, 4.69) is 65.2 Å². The molecule has 1 aromatic rings. The SMILES string of the molecule is CCCC1(c2ccccc2)C=CC=CC1.O=S(=O)(O)OS(=O)(=O)O. The molecule has 0 spiro atoms. The summed E-state index contributed by atoms with van der Waals surface area (Å²) in [5, 5.41) is 0. The zero-order chi connectivity index (χ0) is 18.3. The molecular formula is C15H20O7S2. The van der Waals surface area contributed by atoms with Gasteiger partial charge in [-0.15, -0.1) is 3.63 Å². The number of benzene rings is 1. The molecule has 134 valence electrons. The number of hydrogen-bond donors (Lipinski definition) is 2. The van der Waals surface area contributed by atoms with Crippen molar-refractivity contribution in [3.8, 4) is 0 Å². The van der Waals surface area contributed by atoms with Gasteiger partial charge in [0, 0.05) is 5.41 Å². The first kappa shape index (κ1) is 20.5. The topological polar surface area (TPSA) is 118 Å². The molecule has 1 aromatic carbocycles. The van der Waals surface area contributed by atoms with Crippen LogP contribution in [0.5, 0.6) is 0 Å². The molecule has 0 aromatic heterocycles. The van der Waals surface area contributed by atoms with Gasteiger partial charge < -0.3 is 0 Å². The third-order valence-corrected chi connectivity index (χ3v) is 4.74. The lowest BCUT2D eigenvalue weighted by atomic mass is 9.72. The molecule has 0 aliphatic heterocycles. The lowest BCUT2D eigenvalue weighted by Crippen LogP contribution is -2.23. The van der Waals surface area contributed by atoms with E-state index in [1.807, 2.05) is 0 Å². The highest BCUT2D eigenvalue weighted by Crippen LogP contribution is 2.36. The summed E-state index contributed by atoms with van der Waals surface area (Å²) in [6, 6.07) is 10.9. The van der Waals surface area contributed by atoms with Crippen molar-refractivity contribution < 1.29 is 29.6 Å². The molecule has 0 radical (unpaired) electrons. The zero-order valence-corrected chi connectivity index (χ0v) is 14.7. The smallest absolute Gasteiger partial charge is 0.263 e. The van der Waals surface area contributed by atoms with Crippen molar-refractivity contribution in [3.63, 3.8) is 0 Å². The molecular weight excluding hydrogens is 356 g/mol. The van der Waals surface area contributed by atoms with Crippen LogP contribution >= 0.6 is 0 Å². The maximum absolute atomic E-state index is 9.44. The summed E-state index contributed by atoms with van der Waals surface area (Å²) in [4.78, 5) is 0. The molecule has 0 saturated carbocycles. The van der Waals surface area contributed by atoms with Crippen LogP contribution in [-0.2, 0) is 29.8 Å². The second kappa shape index (κ2) is 8.54. The van der Waals surface area contributed by atoms with Gasteiger partial charge in [-0.2, -0.15) is 16.8 Å². The summed E-state index contributed by atoms with van der Waals surface area (Å²) in [7, 11) is -10.2. The fourth-order valence-corrected chi connectivity index (χ4v) is 3.40. The van der Waals surface area contributed by atoms with Gasteiger partial charge in [0.1, 0.15) is 0 Å². The molecule has 0 bridgehead atoms. The van der Waals surface area contributed by atoms with Crippen LogP contribution in [0.2, 0.25) is 0 Å². The van der Waals surface area contributed by atoms with Crippen molar-refractivity contribution in [1.82, 2.24) is 0 Å². The second-order valence-corrected chi connectivity index (χ2v) is 7.44. The number of allylic oxidation sites excluding steroid dienone is 4. The highest BCUT2D eigenvalue weighted by Gasteiger charge is 2.27. The van der Waals surface area contributed by atoms with E-state index in [-0.39, 0.29) is 5.41 Å². The molecule has 9 heteroatoms. The Labute approximate surface area is 142 Å². The van der Waals surface area contributed by atoms with Gasteiger partial charge in [0.05, 0.1) is 0 Å². The van der Waals surface area contributed by atoms with Crippen molar-refractivity contribution >= 4 is 20.8 Å². The van der Waals surface area contributed by atoms with Gasteiger partial charge >= 0.3 is 20.8 Å². The molecule has 24 heavy (non-hydrogen) atoms. The van der Waals surface area contributed by atoms with Crippen molar-refractivity contribution in [1.29, 1.82) is 0 Å². The first-order valence-corrected chi connectivity index (χ1v) is 9.87. The van der Waals surface area contributed by atoms with Gasteiger partial charge in [-0.05, 0) is 18.4 Å². The van der Waals surface area contributed by atoms with E-state index < -0.39 is 20.8 Å². The molecule has 0 heterocycles. The van der Waals surface area contributed by atoms with E-state index in [1.54, 1.807) is 0 Å². The summed E-state index contributed by atoms with van der Waals surface area (Å²) in [5.41, 5.74) is 1.71. The van der Waals surface area contributed by atoms with E-state index >= 15 is 0 Å². The third-order valence-electron chi connectivity index (χ3n) is 3.36. The Hall–Kier alpha value is -1.52. The molecule has 1 unspecified atom stereocenters. The predicted molar refractivity (Wildman–Crippen MR) is 90.1 cm³/mol. The van der Waals surface area contributed by atoms with Crippen LogP contribution in [0.15, 0.2) is 54.6 Å². The van der Waals surface area contributed by atoms with Crippen LogP contribution in [-0.4, -0.2) is 25.9 Å². The molecule has 2 rings (SSSR count). The molecule has 1 aliphatic rings. The van der Waals surface area contributed by atoms with Crippen LogP contribution in [0.3, 0.4) is 0 Å². The summed E-state index contributed by atoms with van der Waals surface area (Å²) in [6.45, 7) is 2.26. The average Bonchev–Trinajstić information content (AvgIpc) is 2.46. The van der Waals surface area contributed by atoms with Crippen molar-refractivity contribution in [2.75, 3.05) is 0 Å². The fourth-order valence-electron chi connectivity index (χ4n) is 2.53. The maximum Gasteiger partial charge on any atom is 0.413 e. The molecule has 1 atom stereocenters. The minimum absolute atomic E-state index is 0.255. The molecule has 0 fully saturated rings. The van der Waals surface area contributed by atoms with Crippen LogP contribution in [0.1, 0.15) is 31.7 Å². The Kier molecular flexibility index (Phi) is 7.30. The van der Waals surface area contributed by atoms with Gasteiger partial charge in [-0.3, -0.25) is 9.11 Å². The Bertz CT molecular complexity index is 750. The molecule has 2 N–H and O–H groups in total. The molecule has 7 nitrogen and oxygen atoms in total. The van der Waals surface area contributed by atoms with E-state index in [1.165, 1.54) is 18.4 Å². The van der Waals surface area contributed by atoms with Gasteiger partial charge in [-0.25, -0.2) is 0 Å². The maximum atomic E-state index is 9.44. The lowest BCUT2D eigenvalue weighted by Gasteiger charge is -2.31. The van der Waals surface area contributed by atoms with Crippen LogP contribution < -0.4 is 0 Å². The Balaban J connectivity index is 0.000000277. The lowest BCUT2D eigenvalue weighted by molar-refractivity contribution is 0.344. The van der Waals surface area contributed by atoms with Gasteiger partial charge in [0.15, 0.2) is 0 Å². The van der Waals surface area contributed by atoms with E-state index in [4.69, 9.17) is 9.11 Å². The Morgan fingerprint density at radius 2 is 1.62 bits per heavy atom. The van der Waals surface area contributed by atoms with Crippen LogP contribution in [0, 0.1) is 0 Å². The van der Waals surface area contributed by atoms with E-state index in [9.17, 15) is 16.8 Å². The van der Waals surface area contributed by atoms with Gasteiger partial charge in [0.2, 0.25) is 0 Å². The standard InChI is InChI=1S/C15H18.H2O7S2/c1-2-11-15(12-7-4-8-13-15)14-9-5-3-6-10-14;1-8(2,3)7-9(4,5)6/h3-10,12H,2,11,13H2,1H3;(H,1,2,3)(H,4,5,6). The monoisotopic (exact) mass is 376 g/mol. The Morgan fingerprint density at radius 3 is 2.00 bits per heavy atom. The minimum Gasteiger partial charge on any atom is -0.263 e. The minimum atomic E-state index is -5.12. The summed E-state index contributed by atoms with van der Waals surface area (Å²) in [5.74, 6) is 0. The van der Waals surface area contributed by atoms with Gasteiger partial charge in [-0.1, -0.05) is 68.0 Å². The van der Waals surface area contributed by atoms with E-state index in [0.717, 1.165) is 6.42 Å². The predicted octanol–water partition coefficient (Wildman–Crippen LogP) is 2.85. The number of hydrogen-bond acceptors (Lipinski definition) is 5. The first-order chi connectivity index (χ1) is 11.1. The highest BCUT2D eigenvalue weighted by atomic mass is 32.3. The summed E-state index contributed by atoms with van der Waals surface area (Å²) < 4.78 is 55.6. The average molecular weight is 376 g/mol. The van der Waals surface area contributed by atoms with Crippen molar-refractivity contribution in [3.05, 3.63) is 60.2 Å². The normalized spacial score (nSPS) is 20.3. The highest BCUT2D eigenvalue weighted by molar-refractivity contribution is 7.94. The van der Waals surface area contributed by atoms with Crippen LogP contribution in [0.25, 0.3) is 0 Å². The van der Waals surface area contributed by atoms with Gasteiger partial charge in [0.25, 0.3) is 0 Å². The Morgan fingerprint density at radius 1 is 1.04 bits per heavy atom. The second-order valence-electron chi connectivity index (χ2n) is 5.19. The third kappa shape index (κ3) is 7.37. The zero-order valence-electron chi connectivity index (χ0n) is 13.1. The first-order valence-electron chi connectivity index (χ1n) is 7.14. The van der Waals surface area contributed by atoms with Crippen molar-refractivity contribution in [2.24, 2.45) is 0 Å². The largest absolute Gasteiger partial charge is 0.413 e. The fraction of sp³-hybridized carbons (Fsp3) is 0.333. The van der Waals surface area contributed by atoms with E-state index in [0.29, 0.717) is 0 Å². The molecule has 0 amide bonds. The number of rotatable bonds is 5. The quantitative estimate of drug-likeness (QED) is 0.759. The summed E-state index contributed by atoms with van der Waals surface area (Å²) >= 11 is 0.